The van der Waals surface area contributed by atoms with Crippen LogP contribution in [-0.4, -0.2) is 25.2 Å². The third-order valence-electron chi connectivity index (χ3n) is 4.06. The van der Waals surface area contributed by atoms with Crippen molar-refractivity contribution >= 4 is 29.7 Å². The largest absolute Gasteiger partial charge is 0.469 e. The molecule has 1 N–H and O–H groups in total. The highest BCUT2D eigenvalue weighted by atomic mass is 35.5. The summed E-state index contributed by atoms with van der Waals surface area (Å²) in [5, 5.41) is 5.72. The van der Waals surface area contributed by atoms with Gasteiger partial charge in [-0.05, 0) is 30.7 Å². The summed E-state index contributed by atoms with van der Waals surface area (Å²) in [7, 11) is 1.50. The lowest BCUT2D eigenvalue weighted by Gasteiger charge is -2.35. The van der Waals surface area contributed by atoms with Crippen LogP contribution in [0, 0.1) is 5.92 Å². The molecule has 3 nitrogen and oxygen atoms in total. The maximum atomic E-state index is 11.9. The van der Waals surface area contributed by atoms with Crippen molar-refractivity contribution in [3.63, 3.8) is 0 Å². The lowest BCUT2D eigenvalue weighted by molar-refractivity contribution is -0.147. The molecular formula is C13H18ClNO2S. The lowest BCUT2D eigenvalue weighted by Crippen LogP contribution is -2.46. The molecule has 0 radical (unpaired) electrons. The molecule has 3 heterocycles. The Morgan fingerprint density at radius 1 is 1.50 bits per heavy atom. The van der Waals surface area contributed by atoms with Crippen LogP contribution in [0.2, 0.25) is 0 Å². The molecule has 1 aromatic heterocycles. The summed E-state index contributed by atoms with van der Waals surface area (Å²) >= 11 is 1.75. The van der Waals surface area contributed by atoms with E-state index in [0.29, 0.717) is 18.0 Å². The number of carbonyl (C=O) groups excluding carboxylic acids is 1. The van der Waals surface area contributed by atoms with E-state index < -0.39 is 0 Å². The molecule has 0 saturated carbocycles. The minimum absolute atomic E-state index is 0. The Morgan fingerprint density at radius 2 is 2.33 bits per heavy atom. The molecule has 4 atom stereocenters. The number of thiophene rings is 1. The second-order valence-electron chi connectivity index (χ2n) is 4.95. The monoisotopic (exact) mass is 287 g/mol. The van der Waals surface area contributed by atoms with Crippen molar-refractivity contribution in [3.05, 3.63) is 22.4 Å². The summed E-state index contributed by atoms with van der Waals surface area (Å²) in [6.45, 7) is 0. The molecule has 0 aliphatic carbocycles. The molecule has 2 saturated heterocycles. The highest BCUT2D eigenvalue weighted by Gasteiger charge is 2.46. The highest BCUT2D eigenvalue weighted by Crippen LogP contribution is 2.43. The van der Waals surface area contributed by atoms with Gasteiger partial charge in [-0.3, -0.25) is 4.79 Å². The zero-order chi connectivity index (χ0) is 11.8. The van der Waals surface area contributed by atoms with E-state index >= 15 is 0 Å². The Hall–Kier alpha value is -0.580. The van der Waals surface area contributed by atoms with Crippen LogP contribution in [0.1, 0.15) is 30.1 Å². The molecule has 100 valence electrons. The van der Waals surface area contributed by atoms with Crippen LogP contribution in [-0.2, 0) is 9.53 Å². The van der Waals surface area contributed by atoms with Gasteiger partial charge in [-0.15, -0.1) is 23.7 Å². The molecule has 0 amide bonds. The fourth-order valence-corrected chi connectivity index (χ4v) is 4.28. The van der Waals surface area contributed by atoms with Crippen LogP contribution in [0.15, 0.2) is 17.5 Å². The number of methoxy groups -OCH3 is 1. The minimum Gasteiger partial charge on any atom is -0.469 e. The van der Waals surface area contributed by atoms with Gasteiger partial charge in [-0.25, -0.2) is 0 Å². The number of esters is 1. The second kappa shape index (κ2) is 5.59. The summed E-state index contributed by atoms with van der Waals surface area (Å²) in [6, 6.07) is 5.18. The van der Waals surface area contributed by atoms with Gasteiger partial charge in [-0.1, -0.05) is 6.07 Å². The van der Waals surface area contributed by atoms with Crippen molar-refractivity contribution < 1.29 is 9.53 Å². The summed E-state index contributed by atoms with van der Waals surface area (Å²) in [6.07, 6.45) is 3.30. The van der Waals surface area contributed by atoms with Crippen molar-refractivity contribution in [3.8, 4) is 0 Å². The molecule has 18 heavy (non-hydrogen) atoms. The first-order valence-corrected chi connectivity index (χ1v) is 7.05. The van der Waals surface area contributed by atoms with E-state index in [-0.39, 0.29) is 24.3 Å². The van der Waals surface area contributed by atoms with Crippen LogP contribution in [0.5, 0.6) is 0 Å². The molecule has 3 rings (SSSR count). The van der Waals surface area contributed by atoms with E-state index in [9.17, 15) is 4.79 Å². The van der Waals surface area contributed by atoms with Gasteiger partial charge in [0.2, 0.25) is 0 Å². The van der Waals surface area contributed by atoms with Gasteiger partial charge in [0.1, 0.15) is 0 Å². The maximum Gasteiger partial charge on any atom is 0.309 e. The van der Waals surface area contributed by atoms with Gasteiger partial charge >= 0.3 is 5.97 Å². The molecule has 0 aromatic carbocycles. The number of carbonyl (C=O) groups is 1. The first-order valence-electron chi connectivity index (χ1n) is 6.17. The van der Waals surface area contributed by atoms with E-state index in [1.54, 1.807) is 11.3 Å². The smallest absolute Gasteiger partial charge is 0.309 e. The summed E-state index contributed by atoms with van der Waals surface area (Å²) < 4.78 is 4.98. The van der Waals surface area contributed by atoms with Crippen LogP contribution in [0.3, 0.4) is 0 Å². The van der Waals surface area contributed by atoms with Gasteiger partial charge < -0.3 is 10.1 Å². The number of hydrogen-bond acceptors (Lipinski definition) is 4. The van der Waals surface area contributed by atoms with Crippen LogP contribution < -0.4 is 5.32 Å². The van der Waals surface area contributed by atoms with Crippen molar-refractivity contribution in [2.45, 2.75) is 37.3 Å². The fraction of sp³-hybridized carbons (Fsp3) is 0.615. The Morgan fingerprint density at radius 3 is 3.00 bits per heavy atom. The van der Waals surface area contributed by atoms with Crippen LogP contribution in [0.25, 0.3) is 0 Å². The Balaban J connectivity index is 0.00000120. The van der Waals surface area contributed by atoms with Gasteiger partial charge in [0, 0.05) is 22.9 Å². The summed E-state index contributed by atoms with van der Waals surface area (Å²) in [5.41, 5.74) is 0. The Bertz CT molecular complexity index is 409. The number of hydrogen-bond donors (Lipinski definition) is 1. The molecule has 5 heteroatoms. The van der Waals surface area contributed by atoms with Crippen LogP contribution in [0.4, 0.5) is 0 Å². The molecule has 1 aromatic rings. The zero-order valence-electron chi connectivity index (χ0n) is 10.3. The second-order valence-corrected chi connectivity index (χ2v) is 5.93. The van der Waals surface area contributed by atoms with E-state index in [2.05, 4.69) is 22.8 Å². The molecule has 0 spiro atoms. The number of rotatable bonds is 2. The van der Waals surface area contributed by atoms with Crippen molar-refractivity contribution in [2.75, 3.05) is 7.11 Å². The Labute approximate surface area is 117 Å². The van der Waals surface area contributed by atoms with Gasteiger partial charge in [0.05, 0.1) is 13.0 Å². The van der Waals surface area contributed by atoms with Crippen molar-refractivity contribution in [1.82, 2.24) is 5.32 Å². The van der Waals surface area contributed by atoms with E-state index in [1.807, 2.05) is 0 Å². The van der Waals surface area contributed by atoms with Gasteiger partial charge in [0.25, 0.3) is 0 Å². The number of piperidine rings is 1. The number of fused-ring (bicyclic) bond motifs is 2. The minimum atomic E-state index is -0.0400. The van der Waals surface area contributed by atoms with Crippen LogP contribution >= 0.6 is 23.7 Å². The molecular weight excluding hydrogens is 270 g/mol. The molecule has 2 aliphatic heterocycles. The number of nitrogens with one attached hydrogen (secondary N) is 1. The van der Waals surface area contributed by atoms with Gasteiger partial charge in [0.15, 0.2) is 0 Å². The molecule has 0 unspecified atom stereocenters. The van der Waals surface area contributed by atoms with Gasteiger partial charge in [-0.2, -0.15) is 0 Å². The number of halogens is 1. The third kappa shape index (κ3) is 2.29. The predicted octanol–water partition coefficient (Wildman–Crippen LogP) is 2.57. The zero-order valence-corrected chi connectivity index (χ0v) is 11.9. The lowest BCUT2D eigenvalue weighted by atomic mass is 9.80. The first-order chi connectivity index (χ1) is 8.29. The van der Waals surface area contributed by atoms with E-state index in [4.69, 9.17) is 4.74 Å². The summed E-state index contributed by atoms with van der Waals surface area (Å²) in [5.74, 6) is 0.306. The predicted molar refractivity (Wildman–Crippen MR) is 74.4 cm³/mol. The first kappa shape index (κ1) is 13.8. The number of ether oxygens (including phenoxy) is 1. The molecule has 2 bridgehead atoms. The Kier molecular flexibility index (Phi) is 4.30. The van der Waals surface area contributed by atoms with Crippen molar-refractivity contribution in [2.24, 2.45) is 5.92 Å². The average Bonchev–Trinajstić information content (AvgIpc) is 2.99. The standard InChI is InChI=1S/C13H17NO2S.ClH/c1-16-13(15)9-7-8-4-5-10(14-8)12(9)11-3-2-6-17-11;/h2-3,6,8-10,12,14H,4-5,7H2,1H3;1H/t8-,9+,10-,12+;/m1./s1. The van der Waals surface area contributed by atoms with E-state index in [0.717, 1.165) is 6.42 Å². The third-order valence-corrected chi connectivity index (χ3v) is 5.03. The SMILES string of the molecule is COC(=O)[C@H]1C[C@H]2CC[C@@H](N2)[C@H]1c1cccs1.Cl. The molecule has 2 fully saturated rings. The summed E-state index contributed by atoms with van der Waals surface area (Å²) in [4.78, 5) is 13.3. The topological polar surface area (TPSA) is 38.3 Å². The molecule has 2 aliphatic rings. The fourth-order valence-electron chi connectivity index (χ4n) is 3.32. The highest BCUT2D eigenvalue weighted by molar-refractivity contribution is 7.10. The normalized spacial score (nSPS) is 33.8. The van der Waals surface area contributed by atoms with Crippen molar-refractivity contribution in [1.29, 1.82) is 0 Å². The van der Waals surface area contributed by atoms with E-state index in [1.165, 1.54) is 24.8 Å². The average molecular weight is 288 g/mol. The quantitative estimate of drug-likeness (QED) is 0.850. The maximum absolute atomic E-state index is 11.9.